The quantitative estimate of drug-likeness (QED) is 0.728. The highest BCUT2D eigenvalue weighted by molar-refractivity contribution is 5.94. The summed E-state index contributed by atoms with van der Waals surface area (Å²) >= 11 is 0. The number of amides is 2. The Kier molecular flexibility index (Phi) is 6.82. The summed E-state index contributed by atoms with van der Waals surface area (Å²) in [7, 11) is 0. The molecule has 1 N–H and O–H groups in total. The molecule has 188 valence electrons. The van der Waals surface area contributed by atoms with Crippen LogP contribution < -0.4 is 4.90 Å². The first-order valence-corrected chi connectivity index (χ1v) is 13.1. The molecule has 2 amide bonds. The normalized spacial score (nSPS) is 20.7. The summed E-state index contributed by atoms with van der Waals surface area (Å²) in [6.45, 7) is 8.72. The van der Waals surface area contributed by atoms with Gasteiger partial charge in [0, 0.05) is 56.2 Å². The standard InChI is InChI=1S/C27H37N5O3/c1-19-6-3-9-23(20(19)2)29-14-16-30(17-15-29)25(34)18-32-24-10-4-8-22(24)26(28-32)27(35)31-12-5-7-21(33)11-13-31/h3,6,9,21,33H,4-5,7-8,10-18H2,1-2H3. The highest BCUT2D eigenvalue weighted by atomic mass is 16.3. The fourth-order valence-corrected chi connectivity index (χ4v) is 5.75. The van der Waals surface area contributed by atoms with E-state index in [1.165, 1.54) is 16.8 Å². The van der Waals surface area contributed by atoms with Crippen LogP contribution in [0.5, 0.6) is 0 Å². The van der Waals surface area contributed by atoms with Crippen LogP contribution in [-0.4, -0.2) is 81.9 Å². The van der Waals surface area contributed by atoms with Crippen LogP contribution in [-0.2, 0) is 24.2 Å². The van der Waals surface area contributed by atoms with Crippen molar-refractivity contribution in [3.8, 4) is 0 Å². The number of aliphatic hydroxyl groups is 1. The van der Waals surface area contributed by atoms with Gasteiger partial charge in [-0.2, -0.15) is 5.10 Å². The van der Waals surface area contributed by atoms with E-state index in [4.69, 9.17) is 0 Å². The number of carbonyl (C=O) groups is 2. The molecule has 2 aromatic rings. The average molecular weight is 480 g/mol. The number of rotatable bonds is 4. The van der Waals surface area contributed by atoms with Crippen molar-refractivity contribution in [1.82, 2.24) is 19.6 Å². The second-order valence-electron chi connectivity index (χ2n) is 10.2. The largest absolute Gasteiger partial charge is 0.393 e. The molecule has 2 aliphatic heterocycles. The van der Waals surface area contributed by atoms with Gasteiger partial charge in [-0.15, -0.1) is 0 Å². The lowest BCUT2D eigenvalue weighted by Crippen LogP contribution is -2.50. The van der Waals surface area contributed by atoms with Crippen LogP contribution in [0.15, 0.2) is 18.2 Å². The van der Waals surface area contributed by atoms with Crippen LogP contribution in [0.4, 0.5) is 5.69 Å². The van der Waals surface area contributed by atoms with Gasteiger partial charge in [0.25, 0.3) is 5.91 Å². The van der Waals surface area contributed by atoms with Gasteiger partial charge in [0.2, 0.25) is 5.91 Å². The Balaban J connectivity index is 1.25. The van der Waals surface area contributed by atoms with Crippen molar-refractivity contribution in [2.24, 2.45) is 0 Å². The second-order valence-corrected chi connectivity index (χ2v) is 10.2. The SMILES string of the molecule is Cc1cccc(N2CCN(C(=O)Cn3nc(C(=O)N4CCCC(O)CC4)c4c3CCC4)CC2)c1C. The van der Waals surface area contributed by atoms with Crippen molar-refractivity contribution in [3.05, 3.63) is 46.3 Å². The molecule has 2 saturated heterocycles. The monoisotopic (exact) mass is 479 g/mol. The van der Waals surface area contributed by atoms with Crippen LogP contribution in [0, 0.1) is 13.8 Å². The number of aromatic nitrogens is 2. The summed E-state index contributed by atoms with van der Waals surface area (Å²) in [6, 6.07) is 6.40. The summed E-state index contributed by atoms with van der Waals surface area (Å²) in [5.41, 5.74) is 6.43. The molecule has 0 spiro atoms. The predicted octanol–water partition coefficient (Wildman–Crippen LogP) is 2.32. The Bertz CT molecular complexity index is 1100. The molecule has 8 heteroatoms. The zero-order valence-electron chi connectivity index (χ0n) is 21.0. The number of aryl methyl sites for hydroxylation is 1. The number of fused-ring (bicyclic) bond motifs is 1. The van der Waals surface area contributed by atoms with E-state index >= 15 is 0 Å². The predicted molar refractivity (Wildman–Crippen MR) is 135 cm³/mol. The van der Waals surface area contributed by atoms with Crippen molar-refractivity contribution in [2.45, 2.75) is 65.0 Å². The lowest BCUT2D eigenvalue weighted by Gasteiger charge is -2.37. The maximum absolute atomic E-state index is 13.3. The van der Waals surface area contributed by atoms with Crippen LogP contribution >= 0.6 is 0 Å². The molecule has 3 aliphatic rings. The first-order chi connectivity index (χ1) is 16.9. The first-order valence-electron chi connectivity index (χ1n) is 13.1. The number of anilines is 1. The summed E-state index contributed by atoms with van der Waals surface area (Å²) in [5, 5.41) is 14.6. The topological polar surface area (TPSA) is 81.9 Å². The Morgan fingerprint density at radius 1 is 0.971 bits per heavy atom. The van der Waals surface area contributed by atoms with E-state index in [9.17, 15) is 14.7 Å². The third-order valence-electron chi connectivity index (χ3n) is 8.03. The van der Waals surface area contributed by atoms with E-state index in [-0.39, 0.29) is 24.5 Å². The van der Waals surface area contributed by atoms with Gasteiger partial charge in [-0.25, -0.2) is 0 Å². The van der Waals surface area contributed by atoms with Crippen LogP contribution in [0.25, 0.3) is 0 Å². The molecule has 1 unspecified atom stereocenters. The van der Waals surface area contributed by atoms with E-state index in [0.717, 1.165) is 56.5 Å². The minimum absolute atomic E-state index is 0.0504. The van der Waals surface area contributed by atoms with Crippen LogP contribution in [0.2, 0.25) is 0 Å². The van der Waals surface area contributed by atoms with Crippen molar-refractivity contribution in [3.63, 3.8) is 0 Å². The van der Waals surface area contributed by atoms with Gasteiger partial charge in [-0.1, -0.05) is 12.1 Å². The van der Waals surface area contributed by atoms with Crippen molar-refractivity contribution in [2.75, 3.05) is 44.2 Å². The van der Waals surface area contributed by atoms with Gasteiger partial charge < -0.3 is 19.8 Å². The highest BCUT2D eigenvalue weighted by Crippen LogP contribution is 2.28. The summed E-state index contributed by atoms with van der Waals surface area (Å²) in [5.74, 6) is 0.0188. The molecule has 1 aromatic carbocycles. The molecule has 8 nitrogen and oxygen atoms in total. The third-order valence-corrected chi connectivity index (χ3v) is 8.03. The summed E-state index contributed by atoms with van der Waals surface area (Å²) in [6.07, 6.45) is 4.53. The minimum Gasteiger partial charge on any atom is -0.393 e. The molecule has 35 heavy (non-hydrogen) atoms. The smallest absolute Gasteiger partial charge is 0.274 e. The molecular weight excluding hydrogens is 442 g/mol. The second kappa shape index (κ2) is 10.0. The fourth-order valence-electron chi connectivity index (χ4n) is 5.75. The molecule has 0 saturated carbocycles. The van der Waals surface area contributed by atoms with Gasteiger partial charge in [-0.05, 0) is 69.6 Å². The van der Waals surface area contributed by atoms with Crippen molar-refractivity contribution in [1.29, 1.82) is 0 Å². The molecule has 1 aromatic heterocycles. The lowest BCUT2D eigenvalue weighted by molar-refractivity contribution is -0.132. The molecule has 1 atom stereocenters. The number of carbonyl (C=O) groups excluding carboxylic acids is 2. The zero-order valence-corrected chi connectivity index (χ0v) is 21.0. The average Bonchev–Trinajstić information content (AvgIpc) is 3.39. The molecule has 2 fully saturated rings. The number of nitrogens with zero attached hydrogens (tertiary/aromatic N) is 5. The molecule has 5 rings (SSSR count). The van der Waals surface area contributed by atoms with E-state index in [1.54, 1.807) is 4.68 Å². The van der Waals surface area contributed by atoms with Gasteiger partial charge >= 0.3 is 0 Å². The van der Waals surface area contributed by atoms with Gasteiger partial charge in [-0.3, -0.25) is 14.3 Å². The number of hydrogen-bond donors (Lipinski definition) is 1. The molecule has 0 bridgehead atoms. The number of piperazine rings is 1. The highest BCUT2D eigenvalue weighted by Gasteiger charge is 2.31. The van der Waals surface area contributed by atoms with Gasteiger partial charge in [0.1, 0.15) is 6.54 Å². The molecule has 1 aliphatic carbocycles. The van der Waals surface area contributed by atoms with Crippen LogP contribution in [0.3, 0.4) is 0 Å². The molecular formula is C27H37N5O3. The Morgan fingerprint density at radius 3 is 2.57 bits per heavy atom. The van der Waals surface area contributed by atoms with Crippen molar-refractivity contribution >= 4 is 17.5 Å². The van der Waals surface area contributed by atoms with E-state index in [0.29, 0.717) is 38.3 Å². The Hall–Kier alpha value is -2.87. The van der Waals surface area contributed by atoms with Crippen LogP contribution in [0.1, 0.15) is 58.6 Å². The minimum atomic E-state index is -0.330. The summed E-state index contributed by atoms with van der Waals surface area (Å²) in [4.78, 5) is 32.7. The van der Waals surface area contributed by atoms with E-state index in [2.05, 4.69) is 42.0 Å². The fraction of sp³-hybridized carbons (Fsp3) is 0.593. The zero-order chi connectivity index (χ0) is 24.5. The van der Waals surface area contributed by atoms with Gasteiger partial charge in [0.15, 0.2) is 5.69 Å². The first kappa shape index (κ1) is 23.9. The van der Waals surface area contributed by atoms with Crippen molar-refractivity contribution < 1.29 is 14.7 Å². The Labute approximate surface area is 207 Å². The maximum atomic E-state index is 13.3. The van der Waals surface area contributed by atoms with E-state index in [1.807, 2.05) is 9.80 Å². The molecule has 0 radical (unpaired) electrons. The number of aliphatic hydroxyl groups excluding tert-OH is 1. The number of hydrogen-bond acceptors (Lipinski definition) is 5. The number of likely N-dealkylation sites (tertiary alicyclic amines) is 1. The molecule has 3 heterocycles. The van der Waals surface area contributed by atoms with Gasteiger partial charge in [0.05, 0.1) is 6.10 Å². The number of benzene rings is 1. The lowest BCUT2D eigenvalue weighted by atomic mass is 10.1. The maximum Gasteiger partial charge on any atom is 0.274 e. The third kappa shape index (κ3) is 4.81. The Morgan fingerprint density at radius 2 is 1.77 bits per heavy atom. The summed E-state index contributed by atoms with van der Waals surface area (Å²) < 4.78 is 1.79. The van der Waals surface area contributed by atoms with E-state index < -0.39 is 0 Å².